The molecule has 1 amide bonds. The molecule has 2 aromatic rings. The molecule has 2 heterocycles. The molecule has 92 valence electrons. The van der Waals surface area contributed by atoms with Gasteiger partial charge in [-0.2, -0.15) is 0 Å². The molecule has 0 saturated carbocycles. The average Bonchev–Trinajstić information content (AvgIpc) is 2.68. The summed E-state index contributed by atoms with van der Waals surface area (Å²) in [4.78, 5) is 14.9. The van der Waals surface area contributed by atoms with Crippen LogP contribution in [0.4, 0.5) is 0 Å². The van der Waals surface area contributed by atoms with Gasteiger partial charge < -0.3 is 16.0 Å². The molecule has 1 aromatic heterocycles. The Balaban J connectivity index is 2.40. The lowest BCUT2D eigenvalue weighted by molar-refractivity contribution is -0.124. The van der Waals surface area contributed by atoms with Gasteiger partial charge in [0.05, 0.1) is 0 Å². The third kappa shape index (κ3) is 1.39. The third-order valence-corrected chi connectivity index (χ3v) is 3.63. The van der Waals surface area contributed by atoms with E-state index in [0.29, 0.717) is 5.56 Å². The SMILES string of the molecule is NC(=O)C1(N)NC=Cc2[nH]c3ccc(Br)cc3c21. The number of primary amides is 1. The topological polar surface area (TPSA) is 96.9 Å². The van der Waals surface area contributed by atoms with Gasteiger partial charge in [0.2, 0.25) is 0 Å². The molecule has 1 aliphatic rings. The number of fused-ring (bicyclic) bond motifs is 3. The van der Waals surface area contributed by atoms with Gasteiger partial charge in [0, 0.05) is 32.8 Å². The Morgan fingerprint density at radius 3 is 2.89 bits per heavy atom. The molecular formula is C12H11BrN4O. The summed E-state index contributed by atoms with van der Waals surface area (Å²) >= 11 is 3.41. The zero-order chi connectivity index (χ0) is 12.9. The normalized spacial score (nSPS) is 21.7. The highest BCUT2D eigenvalue weighted by Gasteiger charge is 2.39. The summed E-state index contributed by atoms with van der Waals surface area (Å²) in [5.74, 6) is -0.617. The first-order valence-corrected chi connectivity index (χ1v) is 6.16. The quantitative estimate of drug-likeness (QED) is 0.635. The highest BCUT2D eigenvalue weighted by Crippen LogP contribution is 2.34. The number of rotatable bonds is 1. The second-order valence-electron chi connectivity index (χ2n) is 4.25. The highest BCUT2D eigenvalue weighted by molar-refractivity contribution is 9.10. The molecule has 0 radical (unpaired) electrons. The molecule has 18 heavy (non-hydrogen) atoms. The van der Waals surface area contributed by atoms with Crippen LogP contribution in [-0.2, 0) is 10.5 Å². The number of nitrogens with two attached hydrogens (primary N) is 2. The summed E-state index contributed by atoms with van der Waals surface area (Å²) in [5, 5.41) is 3.71. The van der Waals surface area contributed by atoms with Crippen LogP contribution in [0.15, 0.2) is 28.9 Å². The number of nitrogens with one attached hydrogen (secondary N) is 2. The summed E-state index contributed by atoms with van der Waals surface area (Å²) in [6, 6.07) is 5.76. The van der Waals surface area contributed by atoms with E-state index in [9.17, 15) is 4.79 Å². The van der Waals surface area contributed by atoms with Crippen LogP contribution >= 0.6 is 15.9 Å². The monoisotopic (exact) mass is 306 g/mol. The van der Waals surface area contributed by atoms with Crippen molar-refractivity contribution in [2.75, 3.05) is 0 Å². The fourth-order valence-electron chi connectivity index (χ4n) is 2.26. The van der Waals surface area contributed by atoms with Gasteiger partial charge in [-0.05, 0) is 24.3 Å². The number of halogens is 1. The maximum atomic E-state index is 11.6. The first kappa shape index (κ1) is 11.3. The number of aromatic nitrogens is 1. The lowest BCUT2D eigenvalue weighted by Crippen LogP contribution is -2.58. The first-order valence-electron chi connectivity index (χ1n) is 5.37. The van der Waals surface area contributed by atoms with E-state index in [1.165, 1.54) is 0 Å². The molecule has 1 atom stereocenters. The Labute approximate surface area is 111 Å². The van der Waals surface area contributed by atoms with Crippen LogP contribution in [-0.4, -0.2) is 10.9 Å². The van der Waals surface area contributed by atoms with Crippen LogP contribution in [0.2, 0.25) is 0 Å². The summed E-state index contributed by atoms with van der Waals surface area (Å²) in [6.45, 7) is 0. The van der Waals surface area contributed by atoms with Gasteiger partial charge in [0.15, 0.2) is 5.66 Å². The number of amides is 1. The predicted molar refractivity (Wildman–Crippen MR) is 73.2 cm³/mol. The van der Waals surface area contributed by atoms with Crippen molar-refractivity contribution < 1.29 is 4.79 Å². The molecule has 0 saturated heterocycles. The van der Waals surface area contributed by atoms with Crippen LogP contribution in [0.1, 0.15) is 11.3 Å². The second-order valence-corrected chi connectivity index (χ2v) is 5.17. The summed E-state index contributed by atoms with van der Waals surface area (Å²) in [7, 11) is 0. The number of hydrogen-bond acceptors (Lipinski definition) is 3. The minimum Gasteiger partial charge on any atom is -0.366 e. The number of aromatic amines is 1. The molecular weight excluding hydrogens is 296 g/mol. The van der Waals surface area contributed by atoms with E-state index in [0.717, 1.165) is 21.1 Å². The third-order valence-electron chi connectivity index (χ3n) is 3.13. The number of hydrogen-bond donors (Lipinski definition) is 4. The van der Waals surface area contributed by atoms with Crippen LogP contribution in [0, 0.1) is 0 Å². The Morgan fingerprint density at radius 2 is 2.17 bits per heavy atom. The van der Waals surface area contributed by atoms with Crippen molar-refractivity contribution in [1.82, 2.24) is 10.3 Å². The van der Waals surface area contributed by atoms with E-state index in [-0.39, 0.29) is 0 Å². The van der Waals surface area contributed by atoms with Crippen molar-refractivity contribution in [1.29, 1.82) is 0 Å². The van der Waals surface area contributed by atoms with Gasteiger partial charge >= 0.3 is 0 Å². The van der Waals surface area contributed by atoms with Crippen LogP contribution < -0.4 is 16.8 Å². The smallest absolute Gasteiger partial charge is 0.262 e. The molecule has 5 nitrogen and oxygen atoms in total. The standard InChI is InChI=1S/C12H11BrN4O/c13-6-1-2-8-7(5-6)10-9(17-8)3-4-16-12(10,15)11(14)18/h1-5,16-17H,15H2,(H2,14,18). The van der Waals surface area contributed by atoms with E-state index in [2.05, 4.69) is 26.2 Å². The lowest BCUT2D eigenvalue weighted by Gasteiger charge is -2.29. The van der Waals surface area contributed by atoms with Crippen molar-refractivity contribution in [2.24, 2.45) is 11.5 Å². The summed E-state index contributed by atoms with van der Waals surface area (Å²) in [6.07, 6.45) is 3.45. The van der Waals surface area contributed by atoms with Gasteiger partial charge in [-0.25, -0.2) is 0 Å². The summed E-state index contributed by atoms with van der Waals surface area (Å²) in [5.41, 5.74) is 12.5. The molecule has 0 spiro atoms. The van der Waals surface area contributed by atoms with Gasteiger partial charge in [-0.1, -0.05) is 15.9 Å². The van der Waals surface area contributed by atoms with Crippen molar-refractivity contribution in [3.63, 3.8) is 0 Å². The lowest BCUT2D eigenvalue weighted by atomic mass is 9.94. The molecule has 1 aliphatic heterocycles. The minimum absolute atomic E-state index is 0.617. The zero-order valence-electron chi connectivity index (χ0n) is 9.33. The Hall–Kier alpha value is -1.79. The van der Waals surface area contributed by atoms with Gasteiger partial charge in [0.25, 0.3) is 5.91 Å². The minimum atomic E-state index is -1.39. The Bertz CT molecular complexity index is 691. The van der Waals surface area contributed by atoms with Gasteiger partial charge in [0.1, 0.15) is 0 Å². The van der Waals surface area contributed by atoms with Crippen molar-refractivity contribution >= 4 is 38.8 Å². The largest absolute Gasteiger partial charge is 0.366 e. The fourth-order valence-corrected chi connectivity index (χ4v) is 2.62. The maximum absolute atomic E-state index is 11.6. The molecule has 1 aromatic carbocycles. The number of benzene rings is 1. The van der Waals surface area contributed by atoms with E-state index in [4.69, 9.17) is 11.5 Å². The molecule has 0 aliphatic carbocycles. The molecule has 3 rings (SSSR count). The Kier molecular flexibility index (Phi) is 2.26. The highest BCUT2D eigenvalue weighted by atomic mass is 79.9. The molecule has 1 unspecified atom stereocenters. The van der Waals surface area contributed by atoms with Gasteiger partial charge in [-0.15, -0.1) is 0 Å². The van der Waals surface area contributed by atoms with E-state index in [1.807, 2.05) is 24.3 Å². The van der Waals surface area contributed by atoms with Gasteiger partial charge in [-0.3, -0.25) is 10.5 Å². The Morgan fingerprint density at radius 1 is 1.39 bits per heavy atom. The second kappa shape index (κ2) is 3.60. The van der Waals surface area contributed by atoms with Crippen LogP contribution in [0.3, 0.4) is 0 Å². The molecule has 6 N–H and O–H groups in total. The summed E-state index contributed by atoms with van der Waals surface area (Å²) < 4.78 is 0.915. The first-order chi connectivity index (χ1) is 8.52. The van der Waals surface area contributed by atoms with E-state index in [1.54, 1.807) is 6.20 Å². The van der Waals surface area contributed by atoms with Crippen molar-refractivity contribution in [3.05, 3.63) is 40.1 Å². The number of carbonyl (C=O) groups is 1. The van der Waals surface area contributed by atoms with E-state index >= 15 is 0 Å². The molecule has 0 fully saturated rings. The molecule has 6 heteroatoms. The molecule has 0 bridgehead atoms. The van der Waals surface area contributed by atoms with E-state index < -0.39 is 11.6 Å². The predicted octanol–water partition coefficient (Wildman–Crippen LogP) is 1.10. The van der Waals surface area contributed by atoms with Crippen molar-refractivity contribution in [2.45, 2.75) is 5.66 Å². The number of H-pyrrole nitrogens is 1. The maximum Gasteiger partial charge on any atom is 0.262 e. The fraction of sp³-hybridized carbons (Fsp3) is 0.0833. The van der Waals surface area contributed by atoms with Crippen molar-refractivity contribution in [3.8, 4) is 0 Å². The van der Waals surface area contributed by atoms with Crippen LogP contribution in [0.5, 0.6) is 0 Å². The van der Waals surface area contributed by atoms with Crippen LogP contribution in [0.25, 0.3) is 17.0 Å². The average molecular weight is 307 g/mol. The number of carbonyl (C=O) groups excluding carboxylic acids is 1. The zero-order valence-corrected chi connectivity index (χ0v) is 10.9.